The van der Waals surface area contributed by atoms with E-state index in [4.69, 9.17) is 21.1 Å². The highest BCUT2D eigenvalue weighted by Gasteiger charge is 2.20. The highest BCUT2D eigenvalue weighted by atomic mass is 35.5. The summed E-state index contributed by atoms with van der Waals surface area (Å²) < 4.78 is 10.7. The van der Waals surface area contributed by atoms with Crippen LogP contribution in [0.1, 0.15) is 37.6 Å². The maximum Gasteiger partial charge on any atom is 0.260 e. The van der Waals surface area contributed by atoms with Crippen molar-refractivity contribution >= 4 is 23.8 Å². The molecule has 0 bridgehead atoms. The fourth-order valence-electron chi connectivity index (χ4n) is 1.61. The summed E-state index contributed by atoms with van der Waals surface area (Å²) in [4.78, 5) is 22.8. The molecule has 1 aromatic carbocycles. The van der Waals surface area contributed by atoms with E-state index in [1.54, 1.807) is 6.92 Å². The number of methoxy groups -OCH3 is 1. The fraction of sp³-hybridized carbons (Fsp3) is 0.467. The first-order valence-corrected chi connectivity index (χ1v) is 7.10. The minimum absolute atomic E-state index is 0.0679. The lowest BCUT2D eigenvalue weighted by molar-refractivity contribution is -0.127. The van der Waals surface area contributed by atoms with Crippen LogP contribution in [0.5, 0.6) is 11.5 Å². The van der Waals surface area contributed by atoms with Crippen LogP contribution in [-0.4, -0.2) is 31.4 Å². The molecule has 0 aliphatic carbocycles. The van der Waals surface area contributed by atoms with Crippen LogP contribution >= 0.6 is 11.6 Å². The summed E-state index contributed by atoms with van der Waals surface area (Å²) in [5, 5.41) is 3.05. The lowest BCUT2D eigenvalue weighted by atomic mass is 10.2. The summed E-state index contributed by atoms with van der Waals surface area (Å²) in [6, 6.07) is 3.04. The minimum Gasteiger partial charge on any atom is -0.493 e. The zero-order chi connectivity index (χ0) is 16.0. The Kier molecular flexibility index (Phi) is 6.49. The van der Waals surface area contributed by atoms with Crippen LogP contribution in [0.2, 0.25) is 5.02 Å². The third kappa shape index (κ3) is 4.63. The highest BCUT2D eigenvalue weighted by molar-refractivity contribution is 6.32. The number of hydrogen-bond acceptors (Lipinski definition) is 4. The van der Waals surface area contributed by atoms with Gasteiger partial charge in [-0.1, -0.05) is 18.5 Å². The Morgan fingerprint density at radius 1 is 1.43 bits per heavy atom. The number of aldehydes is 1. The van der Waals surface area contributed by atoms with E-state index in [1.807, 2.05) is 13.8 Å². The van der Waals surface area contributed by atoms with Gasteiger partial charge in [-0.25, -0.2) is 0 Å². The van der Waals surface area contributed by atoms with Crippen molar-refractivity contribution in [3.8, 4) is 11.5 Å². The average Bonchev–Trinajstić information content (AvgIpc) is 2.48. The van der Waals surface area contributed by atoms with E-state index in [0.29, 0.717) is 17.6 Å². The zero-order valence-electron chi connectivity index (χ0n) is 12.6. The molecule has 0 saturated carbocycles. The van der Waals surface area contributed by atoms with Gasteiger partial charge < -0.3 is 14.8 Å². The molecule has 21 heavy (non-hydrogen) atoms. The molecule has 2 atom stereocenters. The van der Waals surface area contributed by atoms with Crippen LogP contribution in [0.3, 0.4) is 0 Å². The molecule has 5 nitrogen and oxygen atoms in total. The first-order chi connectivity index (χ1) is 9.92. The molecule has 1 rings (SSSR count). The number of nitrogens with one attached hydrogen (secondary N) is 1. The van der Waals surface area contributed by atoms with Crippen molar-refractivity contribution in [1.29, 1.82) is 0 Å². The third-order valence-electron chi connectivity index (χ3n) is 3.05. The van der Waals surface area contributed by atoms with Crippen LogP contribution in [0.4, 0.5) is 0 Å². The van der Waals surface area contributed by atoms with Gasteiger partial charge in [-0.3, -0.25) is 9.59 Å². The molecule has 0 aromatic heterocycles. The number of carbonyl (C=O) groups is 2. The predicted octanol–water partition coefficient (Wildman–Crippen LogP) is 2.84. The second-order valence-electron chi connectivity index (χ2n) is 4.73. The standard InChI is InChI=1S/C15H20ClNO4/c1-5-9(2)17-15(19)10(3)21-14-12(16)6-11(8-18)7-13(14)20-4/h6-10H,5H2,1-4H3,(H,17,19). The van der Waals surface area contributed by atoms with E-state index in [2.05, 4.69) is 5.32 Å². The number of rotatable bonds is 7. The third-order valence-corrected chi connectivity index (χ3v) is 3.33. The van der Waals surface area contributed by atoms with Gasteiger partial charge in [0.05, 0.1) is 12.1 Å². The second kappa shape index (κ2) is 7.88. The molecule has 0 saturated heterocycles. The van der Waals surface area contributed by atoms with Gasteiger partial charge in [-0.15, -0.1) is 0 Å². The number of benzene rings is 1. The quantitative estimate of drug-likeness (QED) is 0.786. The SMILES string of the molecule is CCC(C)NC(=O)C(C)Oc1c(Cl)cc(C=O)cc1OC. The zero-order valence-corrected chi connectivity index (χ0v) is 13.4. The van der Waals surface area contributed by atoms with Crippen LogP contribution < -0.4 is 14.8 Å². The van der Waals surface area contributed by atoms with Gasteiger partial charge in [0, 0.05) is 11.6 Å². The van der Waals surface area contributed by atoms with Gasteiger partial charge in [-0.05, 0) is 32.4 Å². The molecule has 0 spiro atoms. The van der Waals surface area contributed by atoms with Gasteiger partial charge in [0.15, 0.2) is 17.6 Å². The average molecular weight is 314 g/mol. The van der Waals surface area contributed by atoms with Gasteiger partial charge in [0.1, 0.15) is 6.29 Å². The van der Waals surface area contributed by atoms with Gasteiger partial charge in [0.25, 0.3) is 5.91 Å². The highest BCUT2D eigenvalue weighted by Crippen LogP contribution is 2.36. The van der Waals surface area contributed by atoms with E-state index >= 15 is 0 Å². The molecule has 2 unspecified atom stereocenters. The molecule has 1 aromatic rings. The maximum atomic E-state index is 12.0. The summed E-state index contributed by atoms with van der Waals surface area (Å²) in [7, 11) is 1.44. The maximum absolute atomic E-state index is 12.0. The Morgan fingerprint density at radius 3 is 2.62 bits per heavy atom. The van der Waals surface area contributed by atoms with Crippen LogP contribution in [0, 0.1) is 0 Å². The summed E-state index contributed by atoms with van der Waals surface area (Å²) in [5.74, 6) is 0.325. The molecule has 0 aliphatic rings. The molecule has 0 fully saturated rings. The molecule has 0 heterocycles. The molecule has 1 N–H and O–H groups in total. The van der Waals surface area contributed by atoms with Crippen LogP contribution in [-0.2, 0) is 4.79 Å². The summed E-state index contributed by atoms with van der Waals surface area (Å²) in [6.07, 6.45) is 0.765. The summed E-state index contributed by atoms with van der Waals surface area (Å²) >= 11 is 6.08. The van der Waals surface area contributed by atoms with Crippen molar-refractivity contribution < 1.29 is 19.1 Å². The summed E-state index contributed by atoms with van der Waals surface area (Å²) in [5.41, 5.74) is 0.376. The number of amides is 1. The number of ether oxygens (including phenoxy) is 2. The Labute approximate surface area is 129 Å². The lowest BCUT2D eigenvalue weighted by Crippen LogP contribution is -2.41. The minimum atomic E-state index is -0.729. The predicted molar refractivity (Wildman–Crippen MR) is 81.4 cm³/mol. The van der Waals surface area contributed by atoms with E-state index in [1.165, 1.54) is 19.2 Å². The largest absolute Gasteiger partial charge is 0.493 e. The Morgan fingerprint density at radius 2 is 2.10 bits per heavy atom. The van der Waals surface area contributed by atoms with Gasteiger partial charge >= 0.3 is 0 Å². The molecule has 0 radical (unpaired) electrons. The first kappa shape index (κ1) is 17.3. The van der Waals surface area contributed by atoms with Crippen molar-refractivity contribution in [2.24, 2.45) is 0 Å². The van der Waals surface area contributed by atoms with E-state index < -0.39 is 6.10 Å². The monoisotopic (exact) mass is 313 g/mol. The van der Waals surface area contributed by atoms with Crippen LogP contribution in [0.15, 0.2) is 12.1 Å². The molecular weight excluding hydrogens is 294 g/mol. The molecule has 1 amide bonds. The van der Waals surface area contributed by atoms with Crippen molar-refractivity contribution in [2.45, 2.75) is 39.3 Å². The topological polar surface area (TPSA) is 64.6 Å². The lowest BCUT2D eigenvalue weighted by Gasteiger charge is -2.20. The summed E-state index contributed by atoms with van der Waals surface area (Å²) in [6.45, 7) is 5.52. The molecule has 0 aliphatic heterocycles. The van der Waals surface area contributed by atoms with Gasteiger partial charge in [-0.2, -0.15) is 0 Å². The molecule has 116 valence electrons. The number of carbonyl (C=O) groups excluding carboxylic acids is 2. The smallest absolute Gasteiger partial charge is 0.260 e. The molecular formula is C15H20ClNO4. The number of halogens is 1. The number of hydrogen-bond donors (Lipinski definition) is 1. The van der Waals surface area contributed by atoms with Crippen molar-refractivity contribution in [2.75, 3.05) is 7.11 Å². The Bertz CT molecular complexity index is 519. The fourth-order valence-corrected chi connectivity index (χ4v) is 1.88. The normalized spacial score (nSPS) is 13.2. The van der Waals surface area contributed by atoms with Crippen molar-refractivity contribution in [3.05, 3.63) is 22.7 Å². The van der Waals surface area contributed by atoms with E-state index in [0.717, 1.165) is 6.42 Å². The van der Waals surface area contributed by atoms with E-state index in [-0.39, 0.29) is 22.7 Å². The first-order valence-electron chi connectivity index (χ1n) is 6.72. The van der Waals surface area contributed by atoms with Crippen molar-refractivity contribution in [1.82, 2.24) is 5.32 Å². The van der Waals surface area contributed by atoms with Crippen LogP contribution in [0.25, 0.3) is 0 Å². The molecule has 6 heteroatoms. The Balaban J connectivity index is 2.91. The van der Waals surface area contributed by atoms with Gasteiger partial charge in [0.2, 0.25) is 0 Å². The second-order valence-corrected chi connectivity index (χ2v) is 5.14. The Hall–Kier alpha value is -1.75. The van der Waals surface area contributed by atoms with Crippen molar-refractivity contribution in [3.63, 3.8) is 0 Å². The van der Waals surface area contributed by atoms with E-state index in [9.17, 15) is 9.59 Å².